The third kappa shape index (κ3) is 6.25. The summed E-state index contributed by atoms with van der Waals surface area (Å²) in [6, 6.07) is 17.9. The van der Waals surface area contributed by atoms with E-state index in [1.807, 2.05) is 32.0 Å². The normalized spacial score (nSPS) is 17.1. The zero-order chi connectivity index (χ0) is 35.0. The molecule has 0 unspecified atom stereocenters. The average molecular weight is 675 g/mol. The summed E-state index contributed by atoms with van der Waals surface area (Å²) in [5.74, 6) is -0.189. The predicted molar refractivity (Wildman–Crippen MR) is 198 cm³/mol. The second kappa shape index (κ2) is 13.7. The Morgan fingerprint density at radius 1 is 0.980 bits per heavy atom. The molecular weight excluding hydrogens is 628 g/mol. The molecule has 2 fully saturated rings. The van der Waals surface area contributed by atoms with Crippen LogP contribution >= 0.6 is 0 Å². The number of nitrogens with one attached hydrogen (secondary N) is 2. The first-order chi connectivity index (χ1) is 24.2. The smallest absolute Gasteiger partial charge is 0.328 e. The topological polar surface area (TPSA) is 113 Å². The van der Waals surface area contributed by atoms with Gasteiger partial charge in [-0.05, 0) is 111 Å². The minimum absolute atomic E-state index is 0.242. The number of anilines is 2. The Morgan fingerprint density at radius 2 is 1.78 bits per heavy atom. The van der Waals surface area contributed by atoms with Crippen LogP contribution in [-0.2, 0) is 16.1 Å². The molecule has 9 nitrogen and oxygen atoms in total. The van der Waals surface area contributed by atoms with E-state index in [1.165, 1.54) is 47.5 Å². The highest BCUT2D eigenvalue weighted by Crippen LogP contribution is 2.48. The molecule has 50 heavy (non-hydrogen) atoms. The van der Waals surface area contributed by atoms with Gasteiger partial charge in [0, 0.05) is 65.7 Å². The van der Waals surface area contributed by atoms with E-state index in [2.05, 4.69) is 51.4 Å². The van der Waals surface area contributed by atoms with Crippen molar-refractivity contribution in [2.75, 3.05) is 30.4 Å². The Kier molecular flexibility index (Phi) is 9.16. The van der Waals surface area contributed by atoms with Gasteiger partial charge in [-0.1, -0.05) is 31.4 Å². The van der Waals surface area contributed by atoms with Gasteiger partial charge in [0.2, 0.25) is 5.91 Å². The number of rotatable bonds is 9. The van der Waals surface area contributed by atoms with Gasteiger partial charge in [0.15, 0.2) is 0 Å². The lowest BCUT2D eigenvalue weighted by atomic mass is 9.75. The lowest BCUT2D eigenvalue weighted by molar-refractivity contribution is -0.131. The SMILES string of the molecule is CCOc1ccc2c(c1)N(C)CCn1c-2c(C2CCCCC2)c2ccc(C(=O)NC3(C(=O)Nc4ccc(/C=C/C(=O)O)c(C)c4)CCC3)cc21. The minimum atomic E-state index is -1.02. The molecule has 0 spiro atoms. The maximum atomic E-state index is 14.0. The average Bonchev–Trinajstić information content (AvgIpc) is 3.34. The van der Waals surface area contributed by atoms with Crippen LogP contribution in [0.5, 0.6) is 5.75 Å². The second-order valence-electron chi connectivity index (χ2n) is 14.1. The van der Waals surface area contributed by atoms with Crippen molar-refractivity contribution in [2.24, 2.45) is 0 Å². The van der Waals surface area contributed by atoms with Gasteiger partial charge in [-0.3, -0.25) is 9.59 Å². The zero-order valence-corrected chi connectivity index (χ0v) is 29.2. The number of amides is 2. The van der Waals surface area contributed by atoms with Crippen LogP contribution < -0.4 is 20.3 Å². The third-order valence-corrected chi connectivity index (χ3v) is 10.9. The molecule has 2 heterocycles. The Morgan fingerprint density at radius 3 is 2.48 bits per heavy atom. The maximum absolute atomic E-state index is 14.0. The molecule has 2 amide bonds. The van der Waals surface area contributed by atoms with Crippen LogP contribution in [0.4, 0.5) is 11.4 Å². The minimum Gasteiger partial charge on any atom is -0.494 e. The van der Waals surface area contributed by atoms with Crippen LogP contribution in [0.2, 0.25) is 0 Å². The molecule has 0 radical (unpaired) electrons. The highest BCUT2D eigenvalue weighted by atomic mass is 16.5. The lowest BCUT2D eigenvalue weighted by Crippen LogP contribution is -2.61. The summed E-state index contributed by atoms with van der Waals surface area (Å²) < 4.78 is 8.32. The first kappa shape index (κ1) is 33.4. The number of likely N-dealkylation sites (N-methyl/N-ethyl adjacent to an activating group) is 1. The van der Waals surface area contributed by atoms with E-state index in [4.69, 9.17) is 9.84 Å². The van der Waals surface area contributed by atoms with Crippen LogP contribution in [0.25, 0.3) is 28.2 Å². The van der Waals surface area contributed by atoms with Gasteiger partial charge in [-0.15, -0.1) is 0 Å². The molecule has 3 N–H and O–H groups in total. The molecule has 0 atom stereocenters. The van der Waals surface area contributed by atoms with Crippen molar-refractivity contribution in [3.63, 3.8) is 0 Å². The summed E-state index contributed by atoms with van der Waals surface area (Å²) in [5, 5.41) is 16.3. The standard InChI is InChI=1S/C41H46N4O5/c1-4-50-31-15-17-33-34(25-31)44(3)21-22-45-35-24-29(12-16-32(35)37(38(33)45)28-9-6-5-7-10-28)39(48)43-41(19-8-20-41)40(49)42-30-14-11-27(26(2)23-30)13-18-36(46)47/h11-18,23-25,28H,4-10,19-22H2,1-3H3,(H,42,49)(H,43,48)(H,46,47)/b18-13+. The van der Waals surface area contributed by atoms with Gasteiger partial charge in [0.1, 0.15) is 11.3 Å². The van der Waals surface area contributed by atoms with E-state index < -0.39 is 11.5 Å². The molecule has 2 saturated carbocycles. The summed E-state index contributed by atoms with van der Waals surface area (Å²) in [6.45, 7) is 6.09. The van der Waals surface area contributed by atoms with Gasteiger partial charge in [-0.25, -0.2) is 4.79 Å². The zero-order valence-electron chi connectivity index (χ0n) is 29.2. The number of ether oxygens (including phenoxy) is 1. The highest BCUT2D eigenvalue weighted by Gasteiger charge is 2.45. The molecule has 3 aliphatic rings. The van der Waals surface area contributed by atoms with E-state index in [1.54, 1.807) is 12.1 Å². The number of aliphatic carboxylic acids is 1. The first-order valence-electron chi connectivity index (χ1n) is 18.0. The van der Waals surface area contributed by atoms with E-state index in [-0.39, 0.29) is 11.8 Å². The number of benzene rings is 3. The number of aryl methyl sites for hydroxylation is 1. The van der Waals surface area contributed by atoms with Gasteiger partial charge in [-0.2, -0.15) is 0 Å². The van der Waals surface area contributed by atoms with E-state index in [9.17, 15) is 14.4 Å². The predicted octanol–water partition coefficient (Wildman–Crippen LogP) is 7.90. The number of aromatic nitrogens is 1. The van der Waals surface area contributed by atoms with Gasteiger partial charge >= 0.3 is 5.97 Å². The van der Waals surface area contributed by atoms with Crippen molar-refractivity contribution in [3.8, 4) is 17.0 Å². The van der Waals surface area contributed by atoms with Crippen molar-refractivity contribution < 1.29 is 24.2 Å². The monoisotopic (exact) mass is 674 g/mol. The molecule has 9 heteroatoms. The molecule has 2 aliphatic carbocycles. The molecule has 4 aromatic rings. The summed E-state index contributed by atoms with van der Waals surface area (Å²) >= 11 is 0. The molecule has 1 aromatic heterocycles. The summed E-state index contributed by atoms with van der Waals surface area (Å²) in [7, 11) is 2.14. The quantitative estimate of drug-likeness (QED) is 0.156. The molecular formula is C41H46N4O5. The van der Waals surface area contributed by atoms with Crippen molar-refractivity contribution in [1.82, 2.24) is 9.88 Å². The van der Waals surface area contributed by atoms with Crippen LogP contribution in [0.1, 0.15) is 91.3 Å². The number of carbonyl (C=O) groups excluding carboxylic acids is 2. The highest BCUT2D eigenvalue weighted by molar-refractivity contribution is 6.06. The largest absolute Gasteiger partial charge is 0.494 e. The fraction of sp³-hybridized carbons (Fsp3) is 0.390. The Balaban J connectivity index is 1.21. The number of hydrogen-bond acceptors (Lipinski definition) is 5. The van der Waals surface area contributed by atoms with Gasteiger partial charge < -0.3 is 29.9 Å². The Labute approximate surface area is 293 Å². The lowest BCUT2D eigenvalue weighted by Gasteiger charge is -2.40. The number of carbonyl (C=O) groups is 3. The fourth-order valence-corrected chi connectivity index (χ4v) is 8.08. The number of carboxylic acids is 1. The van der Waals surface area contributed by atoms with Crippen molar-refractivity contribution >= 4 is 46.1 Å². The van der Waals surface area contributed by atoms with Crippen molar-refractivity contribution in [1.29, 1.82) is 0 Å². The molecule has 1 aliphatic heterocycles. The van der Waals surface area contributed by atoms with Gasteiger partial charge in [0.05, 0.1) is 12.3 Å². The number of hydrogen-bond donors (Lipinski definition) is 3. The third-order valence-electron chi connectivity index (χ3n) is 10.9. The maximum Gasteiger partial charge on any atom is 0.328 e. The molecule has 260 valence electrons. The molecule has 3 aromatic carbocycles. The van der Waals surface area contributed by atoms with E-state index in [0.29, 0.717) is 36.6 Å². The van der Waals surface area contributed by atoms with Crippen molar-refractivity contribution in [2.45, 2.75) is 83.2 Å². The Bertz CT molecular complexity index is 2000. The summed E-state index contributed by atoms with van der Waals surface area (Å²) in [5.41, 5.74) is 7.80. The van der Waals surface area contributed by atoms with Crippen LogP contribution in [0.3, 0.4) is 0 Å². The summed E-state index contributed by atoms with van der Waals surface area (Å²) in [6.07, 6.45) is 10.6. The fourth-order valence-electron chi connectivity index (χ4n) is 8.08. The number of fused-ring (bicyclic) bond motifs is 5. The van der Waals surface area contributed by atoms with Crippen LogP contribution in [0, 0.1) is 6.92 Å². The molecule has 7 rings (SSSR count). The molecule has 0 saturated heterocycles. The van der Waals surface area contributed by atoms with E-state index >= 15 is 0 Å². The summed E-state index contributed by atoms with van der Waals surface area (Å²) in [4.78, 5) is 40.9. The van der Waals surface area contributed by atoms with Crippen molar-refractivity contribution in [3.05, 3.63) is 82.9 Å². The first-order valence-corrected chi connectivity index (χ1v) is 18.0. The second-order valence-corrected chi connectivity index (χ2v) is 14.1. The van der Waals surface area contributed by atoms with E-state index in [0.717, 1.165) is 66.5 Å². The number of nitrogens with zero attached hydrogens (tertiary/aromatic N) is 2. The Hall–Kier alpha value is -5.05. The van der Waals surface area contributed by atoms with Gasteiger partial charge in [0.25, 0.3) is 5.91 Å². The van der Waals surface area contributed by atoms with Crippen LogP contribution in [-0.4, -0.2) is 53.2 Å². The molecule has 0 bridgehead atoms. The number of carboxylic acid groups (broad SMARTS) is 1. The van der Waals surface area contributed by atoms with Crippen LogP contribution in [0.15, 0.2) is 60.7 Å².